The van der Waals surface area contributed by atoms with Crippen LogP contribution in [0.5, 0.6) is 0 Å². The largest absolute Gasteiger partial charge is 0.380 e. The predicted octanol–water partition coefficient (Wildman–Crippen LogP) is 4.62. The molecule has 0 spiro atoms. The summed E-state index contributed by atoms with van der Waals surface area (Å²) in [6, 6.07) is 11.5. The van der Waals surface area contributed by atoms with Crippen LogP contribution >= 0.6 is 11.8 Å². The van der Waals surface area contributed by atoms with E-state index < -0.39 is 0 Å². The number of ether oxygens (including phenoxy) is 1. The van der Waals surface area contributed by atoms with Crippen molar-refractivity contribution < 1.29 is 4.74 Å². The minimum Gasteiger partial charge on any atom is -0.380 e. The van der Waals surface area contributed by atoms with Gasteiger partial charge >= 0.3 is 0 Å². The molecule has 156 valence electrons. The van der Waals surface area contributed by atoms with Gasteiger partial charge in [-0.15, -0.1) is 0 Å². The van der Waals surface area contributed by atoms with Crippen molar-refractivity contribution >= 4 is 22.7 Å². The molecule has 5 nitrogen and oxygen atoms in total. The Morgan fingerprint density at radius 1 is 1.10 bits per heavy atom. The van der Waals surface area contributed by atoms with Crippen molar-refractivity contribution in [3.8, 4) is 11.3 Å². The molecule has 4 heterocycles. The summed E-state index contributed by atoms with van der Waals surface area (Å²) < 4.78 is 7.10. The van der Waals surface area contributed by atoms with Crippen molar-refractivity contribution in [2.24, 2.45) is 11.8 Å². The molecule has 30 heavy (non-hydrogen) atoms. The van der Waals surface area contributed by atoms with Crippen LogP contribution in [0.15, 0.2) is 36.5 Å². The van der Waals surface area contributed by atoms with Crippen molar-refractivity contribution in [1.29, 1.82) is 0 Å². The molecule has 4 atom stereocenters. The Morgan fingerprint density at radius 2 is 1.93 bits per heavy atom. The first-order chi connectivity index (χ1) is 14.7. The first kappa shape index (κ1) is 18.8. The number of aromatic nitrogens is 3. The van der Waals surface area contributed by atoms with Crippen LogP contribution in [0.2, 0.25) is 0 Å². The van der Waals surface area contributed by atoms with Gasteiger partial charge in [0.05, 0.1) is 12.1 Å². The Balaban J connectivity index is 1.27. The Bertz CT molecular complexity index is 1080. The third kappa shape index (κ3) is 3.15. The molecule has 6 rings (SSSR count). The van der Waals surface area contributed by atoms with Crippen LogP contribution in [0.1, 0.15) is 36.4 Å². The molecule has 2 aliphatic heterocycles. The molecule has 2 aromatic heterocycles. The fourth-order valence-corrected chi connectivity index (χ4v) is 6.20. The van der Waals surface area contributed by atoms with E-state index in [1.807, 2.05) is 19.2 Å². The number of benzene rings is 1. The Hall–Kier alpha value is -1.95. The predicted molar refractivity (Wildman–Crippen MR) is 119 cm³/mol. The zero-order valence-electron chi connectivity index (χ0n) is 17.3. The zero-order valence-corrected chi connectivity index (χ0v) is 18.1. The number of aryl methyl sites for hydroxylation is 1. The van der Waals surface area contributed by atoms with Crippen LogP contribution in [0.3, 0.4) is 0 Å². The molecule has 3 aliphatic rings. The number of halogens is 1. The highest BCUT2D eigenvalue weighted by Gasteiger charge is 2.43. The summed E-state index contributed by atoms with van der Waals surface area (Å²) in [5, 5.41) is 5.75. The van der Waals surface area contributed by atoms with Gasteiger partial charge in [0, 0.05) is 60.4 Å². The van der Waals surface area contributed by atoms with Crippen LogP contribution in [0.4, 0.5) is 0 Å². The number of rotatable bonds is 3. The van der Waals surface area contributed by atoms with Crippen LogP contribution in [-0.4, -0.2) is 51.5 Å². The fourth-order valence-electron chi connectivity index (χ4n) is 5.98. The van der Waals surface area contributed by atoms with E-state index in [0.29, 0.717) is 12.0 Å². The number of nitrogens with zero attached hydrogens (tertiary/aromatic N) is 4. The SMILES string of the molecule is Cc1cc(-c2nn(Cl)c3ccc(C4C[C@@H]5CN(C6CCOC6)C[C@@H]5C4)cc23)ccn1. The molecular formula is C24H27ClN4O. The van der Waals surface area contributed by atoms with Gasteiger partial charge in [-0.05, 0) is 73.8 Å². The highest BCUT2D eigenvalue weighted by Crippen LogP contribution is 2.47. The molecular weight excluding hydrogens is 396 g/mol. The van der Waals surface area contributed by atoms with Gasteiger partial charge in [-0.1, -0.05) is 6.07 Å². The van der Waals surface area contributed by atoms with Gasteiger partial charge in [-0.3, -0.25) is 9.88 Å². The van der Waals surface area contributed by atoms with Gasteiger partial charge in [-0.25, -0.2) is 0 Å². The second kappa shape index (κ2) is 7.33. The number of likely N-dealkylation sites (tertiary alicyclic amines) is 1. The maximum Gasteiger partial charge on any atom is 0.102 e. The van der Waals surface area contributed by atoms with Crippen molar-refractivity contribution in [2.45, 2.75) is 38.1 Å². The molecule has 6 heteroatoms. The van der Waals surface area contributed by atoms with Crippen molar-refractivity contribution in [2.75, 3.05) is 26.3 Å². The summed E-state index contributed by atoms with van der Waals surface area (Å²) in [6.07, 6.45) is 5.63. The Morgan fingerprint density at radius 3 is 2.67 bits per heavy atom. The number of hydrogen-bond donors (Lipinski definition) is 0. The number of fused-ring (bicyclic) bond motifs is 2. The molecule has 0 bridgehead atoms. The van der Waals surface area contributed by atoms with E-state index in [1.165, 1.54) is 42.1 Å². The average Bonchev–Trinajstić information content (AvgIpc) is 3.51. The maximum atomic E-state index is 6.41. The second-order valence-electron chi connectivity index (χ2n) is 9.33. The lowest BCUT2D eigenvalue weighted by Crippen LogP contribution is -2.34. The van der Waals surface area contributed by atoms with Gasteiger partial charge in [0.15, 0.2) is 0 Å². The molecule has 2 unspecified atom stereocenters. The molecule has 0 amide bonds. The summed E-state index contributed by atoms with van der Waals surface area (Å²) in [4.78, 5) is 7.02. The number of pyridine rings is 1. The van der Waals surface area contributed by atoms with E-state index in [1.54, 1.807) is 0 Å². The van der Waals surface area contributed by atoms with Gasteiger partial charge in [0.2, 0.25) is 0 Å². The minimum atomic E-state index is 0.636. The summed E-state index contributed by atoms with van der Waals surface area (Å²) >= 11 is 6.41. The van der Waals surface area contributed by atoms with Gasteiger partial charge in [0.1, 0.15) is 5.69 Å². The molecule has 3 aromatic rings. The Kier molecular flexibility index (Phi) is 4.59. The van der Waals surface area contributed by atoms with Gasteiger partial charge in [0.25, 0.3) is 0 Å². The molecule has 0 radical (unpaired) electrons. The fraction of sp³-hybridized carbons (Fsp3) is 0.500. The third-order valence-electron chi connectivity index (χ3n) is 7.51. The van der Waals surface area contributed by atoms with Crippen molar-refractivity contribution in [3.05, 3.63) is 47.8 Å². The molecule has 2 saturated heterocycles. The van der Waals surface area contributed by atoms with Gasteiger partial charge in [-0.2, -0.15) is 9.30 Å². The van der Waals surface area contributed by atoms with E-state index in [9.17, 15) is 0 Å². The van der Waals surface area contributed by atoms with E-state index >= 15 is 0 Å². The molecule has 3 fully saturated rings. The quantitative estimate of drug-likeness (QED) is 0.617. The lowest BCUT2D eigenvalue weighted by Gasteiger charge is -2.24. The number of hydrogen-bond acceptors (Lipinski definition) is 4. The molecule has 1 saturated carbocycles. The maximum absolute atomic E-state index is 6.41. The van der Waals surface area contributed by atoms with E-state index in [4.69, 9.17) is 16.5 Å². The Labute approximate surface area is 182 Å². The summed E-state index contributed by atoms with van der Waals surface area (Å²) in [5.41, 5.74) is 5.40. The van der Waals surface area contributed by atoms with E-state index in [-0.39, 0.29) is 0 Å². The standard InChI is InChI=1S/C24H27ClN4O/c1-15-8-17(4-6-26-15)24-22-11-16(2-3-23(22)29(25)27-24)18-9-19-12-28(13-20(19)10-18)21-5-7-30-14-21/h2-4,6,8,11,18-21H,5,7,9-10,12-14H2,1H3/t18?,19-,20+,21?. The molecule has 1 aromatic carbocycles. The average molecular weight is 423 g/mol. The second-order valence-corrected chi connectivity index (χ2v) is 9.65. The molecule has 1 aliphatic carbocycles. The molecule has 0 N–H and O–H groups in total. The first-order valence-corrected chi connectivity index (χ1v) is 11.4. The minimum absolute atomic E-state index is 0.636. The van der Waals surface area contributed by atoms with Gasteiger partial charge < -0.3 is 4.74 Å². The van der Waals surface area contributed by atoms with Crippen molar-refractivity contribution in [3.63, 3.8) is 0 Å². The summed E-state index contributed by atoms with van der Waals surface area (Å²) in [7, 11) is 0. The van der Waals surface area contributed by atoms with Crippen LogP contribution in [0.25, 0.3) is 22.2 Å². The van der Waals surface area contributed by atoms with E-state index in [2.05, 4.69) is 39.2 Å². The highest BCUT2D eigenvalue weighted by atomic mass is 35.5. The summed E-state index contributed by atoms with van der Waals surface area (Å²) in [6.45, 7) is 6.37. The third-order valence-corrected chi connectivity index (χ3v) is 7.76. The highest BCUT2D eigenvalue weighted by molar-refractivity contribution is 6.19. The van der Waals surface area contributed by atoms with Crippen LogP contribution in [-0.2, 0) is 4.74 Å². The first-order valence-electron chi connectivity index (χ1n) is 11.1. The lowest BCUT2D eigenvalue weighted by molar-refractivity contribution is 0.153. The van der Waals surface area contributed by atoms with Crippen LogP contribution in [0, 0.1) is 18.8 Å². The van der Waals surface area contributed by atoms with Crippen LogP contribution < -0.4 is 0 Å². The van der Waals surface area contributed by atoms with E-state index in [0.717, 1.165) is 52.9 Å². The van der Waals surface area contributed by atoms with Crippen molar-refractivity contribution in [1.82, 2.24) is 19.2 Å². The summed E-state index contributed by atoms with van der Waals surface area (Å²) in [5.74, 6) is 2.28. The topological polar surface area (TPSA) is 43.2 Å². The smallest absolute Gasteiger partial charge is 0.102 e. The normalized spacial score (nSPS) is 29.1. The monoisotopic (exact) mass is 422 g/mol. The lowest BCUT2D eigenvalue weighted by atomic mass is 9.93. The zero-order chi connectivity index (χ0) is 20.2.